The third kappa shape index (κ3) is 1.14. The summed E-state index contributed by atoms with van der Waals surface area (Å²) in [6.45, 7) is 4.09. The quantitative estimate of drug-likeness (QED) is 0.681. The van der Waals surface area contributed by atoms with Gasteiger partial charge in [0.05, 0.1) is 0 Å². The second kappa shape index (κ2) is 2.97. The minimum atomic E-state index is 0.761. The van der Waals surface area contributed by atoms with Gasteiger partial charge in [-0.1, -0.05) is 0 Å². The lowest BCUT2D eigenvalue weighted by atomic mass is 10.2. The molecule has 0 radical (unpaired) electrons. The molecule has 0 fully saturated rings. The van der Waals surface area contributed by atoms with Gasteiger partial charge in [-0.25, -0.2) is 9.97 Å². The summed E-state index contributed by atoms with van der Waals surface area (Å²) in [5, 5.41) is 0. The smallest absolute Gasteiger partial charge is 0.235 e. The number of hydrogen-bond acceptors (Lipinski definition) is 3. The molecule has 0 aliphatic rings. The van der Waals surface area contributed by atoms with Crippen molar-refractivity contribution in [3.8, 4) is 0 Å². The third-order valence-corrected chi connectivity index (χ3v) is 2.42. The molecule has 0 unspecified atom stereocenters. The van der Waals surface area contributed by atoms with Gasteiger partial charge in [-0.3, -0.25) is 4.40 Å². The van der Waals surface area contributed by atoms with E-state index in [2.05, 4.69) is 21.8 Å². The van der Waals surface area contributed by atoms with Crippen molar-refractivity contribution in [1.82, 2.24) is 14.4 Å². The van der Waals surface area contributed by atoms with E-state index < -0.39 is 0 Å². The minimum absolute atomic E-state index is 0.761. The van der Waals surface area contributed by atoms with Crippen LogP contribution in [-0.2, 0) is 0 Å². The molecule has 4 heteroatoms. The first-order valence-electron chi connectivity index (χ1n) is 4.59. The summed E-state index contributed by atoms with van der Waals surface area (Å²) in [6, 6.07) is 0. The Balaban J connectivity index is 2.86. The topological polar surface area (TPSA) is 33.4 Å². The Morgan fingerprint density at radius 3 is 2.64 bits per heavy atom. The van der Waals surface area contributed by atoms with Crippen LogP contribution in [0.25, 0.3) is 5.78 Å². The average molecular weight is 190 g/mol. The molecule has 4 nitrogen and oxygen atoms in total. The van der Waals surface area contributed by atoms with E-state index in [1.54, 1.807) is 6.20 Å². The van der Waals surface area contributed by atoms with Crippen molar-refractivity contribution >= 4 is 11.6 Å². The summed E-state index contributed by atoms with van der Waals surface area (Å²) in [7, 11) is 4.06. The normalized spacial score (nSPS) is 10.9. The fourth-order valence-corrected chi connectivity index (χ4v) is 1.67. The lowest BCUT2D eigenvalue weighted by molar-refractivity contribution is 0.961. The number of nitrogens with zero attached hydrogens (tertiary/aromatic N) is 4. The van der Waals surface area contributed by atoms with Crippen molar-refractivity contribution in [2.75, 3.05) is 19.0 Å². The number of rotatable bonds is 1. The Labute approximate surface area is 83.2 Å². The van der Waals surface area contributed by atoms with Crippen molar-refractivity contribution in [3.63, 3.8) is 0 Å². The molecule has 0 atom stereocenters. The highest BCUT2D eigenvalue weighted by molar-refractivity contribution is 5.53. The van der Waals surface area contributed by atoms with Crippen LogP contribution in [0.15, 0.2) is 12.4 Å². The summed E-state index contributed by atoms with van der Waals surface area (Å²) < 4.78 is 2.00. The predicted octanol–water partition coefficient (Wildman–Crippen LogP) is 1.41. The van der Waals surface area contributed by atoms with Crippen molar-refractivity contribution < 1.29 is 0 Å². The molecule has 2 rings (SSSR count). The third-order valence-electron chi connectivity index (χ3n) is 2.42. The van der Waals surface area contributed by atoms with Crippen LogP contribution in [0, 0.1) is 13.8 Å². The molecule has 0 spiro atoms. The highest BCUT2D eigenvalue weighted by atomic mass is 15.2. The molecule has 0 N–H and O–H groups in total. The summed E-state index contributed by atoms with van der Waals surface area (Å²) in [4.78, 5) is 10.7. The second-order valence-electron chi connectivity index (χ2n) is 3.64. The van der Waals surface area contributed by atoms with Crippen molar-refractivity contribution in [2.24, 2.45) is 0 Å². The van der Waals surface area contributed by atoms with Crippen LogP contribution in [0.1, 0.15) is 11.3 Å². The lowest BCUT2D eigenvalue weighted by Crippen LogP contribution is -2.16. The number of imidazole rings is 1. The van der Waals surface area contributed by atoms with Crippen LogP contribution in [0.4, 0.5) is 5.82 Å². The Morgan fingerprint density at radius 1 is 1.29 bits per heavy atom. The minimum Gasteiger partial charge on any atom is -0.364 e. The number of anilines is 1. The Hall–Kier alpha value is -1.58. The van der Waals surface area contributed by atoms with Gasteiger partial charge in [0.15, 0.2) is 0 Å². The van der Waals surface area contributed by atoms with Gasteiger partial charge in [0, 0.05) is 37.7 Å². The van der Waals surface area contributed by atoms with Crippen LogP contribution < -0.4 is 4.90 Å². The first kappa shape index (κ1) is 8.99. The Bertz CT molecular complexity index is 470. The predicted molar refractivity (Wildman–Crippen MR) is 56.8 cm³/mol. The molecular weight excluding hydrogens is 176 g/mol. The van der Waals surface area contributed by atoms with E-state index in [1.165, 1.54) is 5.56 Å². The van der Waals surface area contributed by atoms with E-state index in [4.69, 9.17) is 0 Å². The maximum atomic E-state index is 4.40. The maximum absolute atomic E-state index is 4.40. The molecule has 2 aromatic rings. The number of hydrogen-bond donors (Lipinski definition) is 0. The van der Waals surface area contributed by atoms with Crippen LogP contribution in [0.3, 0.4) is 0 Å². The average Bonchev–Trinajstić information content (AvgIpc) is 2.52. The Kier molecular flexibility index (Phi) is 1.91. The summed E-state index contributed by atoms with van der Waals surface area (Å²) in [5.74, 6) is 1.90. The van der Waals surface area contributed by atoms with Crippen LogP contribution in [-0.4, -0.2) is 28.5 Å². The fraction of sp³-hybridized carbons (Fsp3) is 0.400. The van der Waals surface area contributed by atoms with Crippen LogP contribution >= 0.6 is 0 Å². The molecule has 14 heavy (non-hydrogen) atoms. The SMILES string of the molecule is Cc1nc2nccn2c(N(C)C)c1C. The maximum Gasteiger partial charge on any atom is 0.235 e. The zero-order valence-electron chi connectivity index (χ0n) is 8.94. The first-order chi connectivity index (χ1) is 6.61. The molecule has 0 aliphatic heterocycles. The molecule has 0 aromatic carbocycles. The summed E-state index contributed by atoms with van der Waals surface area (Å²) in [5.41, 5.74) is 2.23. The lowest BCUT2D eigenvalue weighted by Gasteiger charge is -2.18. The zero-order chi connectivity index (χ0) is 10.3. The van der Waals surface area contributed by atoms with Gasteiger partial charge < -0.3 is 4.90 Å². The highest BCUT2D eigenvalue weighted by Crippen LogP contribution is 2.20. The fourth-order valence-electron chi connectivity index (χ4n) is 1.67. The molecule has 0 bridgehead atoms. The second-order valence-corrected chi connectivity index (χ2v) is 3.64. The van der Waals surface area contributed by atoms with E-state index >= 15 is 0 Å². The standard InChI is InChI=1S/C10H14N4/c1-7-8(2)12-10-11-5-6-14(10)9(7)13(3)4/h5-6H,1-4H3. The van der Waals surface area contributed by atoms with Crippen molar-refractivity contribution in [2.45, 2.75) is 13.8 Å². The highest BCUT2D eigenvalue weighted by Gasteiger charge is 2.10. The van der Waals surface area contributed by atoms with Gasteiger partial charge in [-0.2, -0.15) is 0 Å². The van der Waals surface area contributed by atoms with Gasteiger partial charge in [0.1, 0.15) is 5.82 Å². The molecule has 74 valence electrons. The molecule has 0 aliphatic carbocycles. The molecule has 2 heterocycles. The van der Waals surface area contributed by atoms with Crippen molar-refractivity contribution in [1.29, 1.82) is 0 Å². The summed E-state index contributed by atoms with van der Waals surface area (Å²) >= 11 is 0. The van der Waals surface area contributed by atoms with E-state index in [-0.39, 0.29) is 0 Å². The largest absolute Gasteiger partial charge is 0.364 e. The molecule has 0 amide bonds. The number of aryl methyl sites for hydroxylation is 1. The van der Waals surface area contributed by atoms with Crippen LogP contribution in [0.5, 0.6) is 0 Å². The van der Waals surface area contributed by atoms with Crippen molar-refractivity contribution in [3.05, 3.63) is 23.7 Å². The molecule has 0 saturated carbocycles. The van der Waals surface area contributed by atoms with Gasteiger partial charge >= 0.3 is 0 Å². The Morgan fingerprint density at radius 2 is 2.00 bits per heavy atom. The van der Waals surface area contributed by atoms with Gasteiger partial charge in [0.25, 0.3) is 0 Å². The molecular formula is C10H14N4. The first-order valence-corrected chi connectivity index (χ1v) is 4.59. The van der Waals surface area contributed by atoms with Gasteiger partial charge in [-0.15, -0.1) is 0 Å². The van der Waals surface area contributed by atoms with Gasteiger partial charge in [-0.05, 0) is 13.8 Å². The van der Waals surface area contributed by atoms with Crippen LogP contribution in [0.2, 0.25) is 0 Å². The van der Waals surface area contributed by atoms with E-state index in [0.29, 0.717) is 0 Å². The van der Waals surface area contributed by atoms with E-state index in [1.807, 2.05) is 31.6 Å². The summed E-state index contributed by atoms with van der Waals surface area (Å²) in [6.07, 6.45) is 3.71. The van der Waals surface area contributed by atoms with E-state index in [0.717, 1.165) is 17.3 Å². The number of fused-ring (bicyclic) bond motifs is 1. The number of aromatic nitrogens is 3. The van der Waals surface area contributed by atoms with E-state index in [9.17, 15) is 0 Å². The van der Waals surface area contributed by atoms with Gasteiger partial charge in [0.2, 0.25) is 5.78 Å². The molecule has 0 saturated heterocycles. The monoisotopic (exact) mass is 190 g/mol. The molecule has 2 aromatic heterocycles. The zero-order valence-corrected chi connectivity index (χ0v) is 8.94.